The number of methoxy groups -OCH3 is 1. The first-order valence-electron chi connectivity index (χ1n) is 9.13. The quantitative estimate of drug-likeness (QED) is 0.850. The molecule has 1 saturated heterocycles. The number of aryl methyl sites for hydroxylation is 1. The van der Waals surface area contributed by atoms with E-state index in [1.807, 2.05) is 6.07 Å². The average molecular weight is 343 g/mol. The Bertz CT molecular complexity index is 735. The second-order valence-corrected chi connectivity index (χ2v) is 6.83. The van der Waals surface area contributed by atoms with Crippen LogP contribution in [0.15, 0.2) is 22.6 Å². The monoisotopic (exact) mass is 343 g/mol. The van der Waals surface area contributed by atoms with Crippen molar-refractivity contribution in [3.05, 3.63) is 35.2 Å². The fourth-order valence-electron chi connectivity index (χ4n) is 3.94. The Hall–Kier alpha value is -2.08. The van der Waals surface area contributed by atoms with Crippen molar-refractivity contribution in [1.29, 1.82) is 0 Å². The summed E-state index contributed by atoms with van der Waals surface area (Å²) in [4.78, 5) is 2.18. The van der Waals surface area contributed by atoms with E-state index in [2.05, 4.69) is 34.2 Å². The second kappa shape index (κ2) is 6.67. The van der Waals surface area contributed by atoms with E-state index in [4.69, 9.17) is 13.9 Å². The average Bonchev–Trinajstić information content (AvgIpc) is 3.11. The molecule has 0 amide bonds. The van der Waals surface area contributed by atoms with Crippen molar-refractivity contribution in [2.24, 2.45) is 0 Å². The summed E-state index contributed by atoms with van der Waals surface area (Å²) >= 11 is 0. The molecule has 1 fully saturated rings. The molecule has 1 aromatic heterocycles. The summed E-state index contributed by atoms with van der Waals surface area (Å²) in [5.41, 5.74) is 2.47. The van der Waals surface area contributed by atoms with E-state index in [0.717, 1.165) is 63.4 Å². The summed E-state index contributed by atoms with van der Waals surface area (Å²) in [5, 5.41) is 8.35. The third-order valence-corrected chi connectivity index (χ3v) is 5.31. The molecule has 0 atom stereocenters. The Morgan fingerprint density at radius 3 is 2.84 bits per heavy atom. The second-order valence-electron chi connectivity index (χ2n) is 6.83. The number of piperidine rings is 1. The molecule has 0 bridgehead atoms. The zero-order valence-electron chi connectivity index (χ0n) is 15.0. The maximum Gasteiger partial charge on any atom is 0.318 e. The van der Waals surface area contributed by atoms with Gasteiger partial charge in [-0.1, -0.05) is 18.1 Å². The van der Waals surface area contributed by atoms with E-state index in [1.165, 1.54) is 11.1 Å². The number of fused-ring (bicyclic) bond motifs is 2. The van der Waals surface area contributed by atoms with Crippen molar-refractivity contribution in [2.45, 2.75) is 44.6 Å². The van der Waals surface area contributed by atoms with Crippen LogP contribution in [0.4, 0.5) is 6.01 Å². The third-order valence-electron chi connectivity index (χ3n) is 5.31. The lowest BCUT2D eigenvalue weighted by atomic mass is 9.79. The topological polar surface area (TPSA) is 60.6 Å². The lowest BCUT2D eigenvalue weighted by Gasteiger charge is -2.44. The molecule has 134 valence electrons. The van der Waals surface area contributed by atoms with E-state index in [9.17, 15) is 0 Å². The molecule has 1 aromatic carbocycles. The van der Waals surface area contributed by atoms with E-state index in [1.54, 1.807) is 7.11 Å². The normalized spacial score (nSPS) is 19.0. The lowest BCUT2D eigenvalue weighted by molar-refractivity contribution is -0.0770. The van der Waals surface area contributed by atoms with Crippen LogP contribution in [0.3, 0.4) is 0 Å². The number of hydrogen-bond acceptors (Lipinski definition) is 6. The van der Waals surface area contributed by atoms with Gasteiger partial charge in [0.25, 0.3) is 0 Å². The van der Waals surface area contributed by atoms with Gasteiger partial charge in [-0.3, -0.25) is 0 Å². The molecule has 25 heavy (non-hydrogen) atoms. The van der Waals surface area contributed by atoms with E-state index in [0.29, 0.717) is 6.01 Å². The zero-order chi connectivity index (χ0) is 17.3. The highest BCUT2D eigenvalue weighted by Crippen LogP contribution is 2.43. The fraction of sp³-hybridized carbons (Fsp3) is 0.579. The molecule has 6 heteroatoms. The minimum atomic E-state index is -0.192. The molecular formula is C19H25N3O3. The van der Waals surface area contributed by atoms with Gasteiger partial charge < -0.3 is 18.8 Å². The maximum absolute atomic E-state index is 6.30. The molecule has 0 unspecified atom stereocenters. The molecule has 1 spiro atoms. The zero-order valence-corrected chi connectivity index (χ0v) is 15.0. The molecule has 4 rings (SSSR count). The largest absolute Gasteiger partial charge is 0.497 e. The molecule has 6 nitrogen and oxygen atoms in total. The first-order valence-corrected chi connectivity index (χ1v) is 9.13. The van der Waals surface area contributed by atoms with Gasteiger partial charge in [0.1, 0.15) is 5.75 Å². The number of nitrogens with zero attached hydrogens (tertiary/aromatic N) is 3. The molecule has 2 aliphatic heterocycles. The Balaban J connectivity index is 1.51. The van der Waals surface area contributed by atoms with Gasteiger partial charge in [-0.15, -0.1) is 5.10 Å². The van der Waals surface area contributed by atoms with E-state index in [-0.39, 0.29) is 5.60 Å². The highest BCUT2D eigenvalue weighted by molar-refractivity contribution is 5.42. The van der Waals surface area contributed by atoms with Crippen LogP contribution in [0.5, 0.6) is 5.75 Å². The van der Waals surface area contributed by atoms with Crippen LogP contribution in [0.1, 0.15) is 43.2 Å². The van der Waals surface area contributed by atoms with Gasteiger partial charge in [0, 0.05) is 19.5 Å². The summed E-state index contributed by atoms with van der Waals surface area (Å²) in [6, 6.07) is 7.01. The van der Waals surface area contributed by atoms with Crippen LogP contribution in [0.2, 0.25) is 0 Å². The SMILES string of the molecule is CCCc1nnc(N2CCC3(CC2)OCCc2cc(OC)ccc23)o1. The third kappa shape index (κ3) is 2.99. The predicted molar refractivity (Wildman–Crippen MR) is 94.1 cm³/mol. The van der Waals surface area contributed by atoms with Gasteiger partial charge in [0.2, 0.25) is 5.89 Å². The minimum Gasteiger partial charge on any atom is -0.497 e. The number of ether oxygens (including phenoxy) is 2. The number of hydrogen-bond donors (Lipinski definition) is 0. The van der Waals surface area contributed by atoms with Crippen LogP contribution in [-0.2, 0) is 23.2 Å². The van der Waals surface area contributed by atoms with Gasteiger partial charge in [-0.05, 0) is 48.9 Å². The first kappa shape index (κ1) is 16.4. The number of aromatic nitrogens is 2. The van der Waals surface area contributed by atoms with Crippen molar-refractivity contribution in [2.75, 3.05) is 31.7 Å². The van der Waals surface area contributed by atoms with Crippen LogP contribution >= 0.6 is 0 Å². The Morgan fingerprint density at radius 1 is 1.24 bits per heavy atom. The Labute approximate surface area is 148 Å². The first-order chi connectivity index (χ1) is 12.2. The summed E-state index contributed by atoms with van der Waals surface area (Å²) in [6.45, 7) is 4.60. The summed E-state index contributed by atoms with van der Waals surface area (Å²) < 4.78 is 17.5. The summed E-state index contributed by atoms with van der Waals surface area (Å²) in [7, 11) is 1.71. The van der Waals surface area contributed by atoms with Crippen molar-refractivity contribution in [1.82, 2.24) is 10.2 Å². The van der Waals surface area contributed by atoms with E-state index >= 15 is 0 Å². The van der Waals surface area contributed by atoms with Gasteiger partial charge >= 0.3 is 6.01 Å². The van der Waals surface area contributed by atoms with Crippen LogP contribution in [-0.4, -0.2) is 37.0 Å². The van der Waals surface area contributed by atoms with Crippen molar-refractivity contribution < 1.29 is 13.9 Å². The molecule has 0 N–H and O–H groups in total. The van der Waals surface area contributed by atoms with Crippen molar-refractivity contribution in [3.63, 3.8) is 0 Å². The van der Waals surface area contributed by atoms with Gasteiger partial charge in [0.05, 0.1) is 19.3 Å². The molecule has 2 aliphatic rings. The number of rotatable bonds is 4. The van der Waals surface area contributed by atoms with Gasteiger partial charge in [-0.25, -0.2) is 0 Å². The fourth-order valence-corrected chi connectivity index (χ4v) is 3.94. The summed E-state index contributed by atoms with van der Waals surface area (Å²) in [6.07, 6.45) is 4.65. The van der Waals surface area contributed by atoms with Crippen LogP contribution < -0.4 is 9.64 Å². The molecular weight excluding hydrogens is 318 g/mol. The smallest absolute Gasteiger partial charge is 0.318 e. The highest BCUT2D eigenvalue weighted by Gasteiger charge is 2.41. The number of benzene rings is 1. The van der Waals surface area contributed by atoms with E-state index < -0.39 is 0 Å². The number of anilines is 1. The highest BCUT2D eigenvalue weighted by atomic mass is 16.5. The minimum absolute atomic E-state index is 0.192. The maximum atomic E-state index is 6.30. The van der Waals surface area contributed by atoms with Crippen LogP contribution in [0, 0.1) is 0 Å². The van der Waals surface area contributed by atoms with Gasteiger partial charge in [0.15, 0.2) is 0 Å². The molecule has 3 heterocycles. The summed E-state index contributed by atoms with van der Waals surface area (Å²) in [5.74, 6) is 1.65. The molecule has 0 saturated carbocycles. The van der Waals surface area contributed by atoms with Crippen LogP contribution in [0.25, 0.3) is 0 Å². The van der Waals surface area contributed by atoms with Crippen molar-refractivity contribution >= 4 is 6.01 Å². The molecule has 0 aliphatic carbocycles. The van der Waals surface area contributed by atoms with Crippen molar-refractivity contribution in [3.8, 4) is 5.75 Å². The Kier molecular flexibility index (Phi) is 4.37. The lowest BCUT2D eigenvalue weighted by Crippen LogP contribution is -2.46. The Morgan fingerprint density at radius 2 is 2.08 bits per heavy atom. The molecule has 2 aromatic rings. The molecule has 0 radical (unpaired) electrons. The predicted octanol–water partition coefficient (Wildman–Crippen LogP) is 3.10. The standard InChI is InChI=1S/C19H25N3O3/c1-3-4-17-20-21-18(25-17)22-10-8-19(9-11-22)16-6-5-15(23-2)13-14(16)7-12-24-19/h5-6,13H,3-4,7-12H2,1-2H3. The van der Waals surface area contributed by atoms with Gasteiger partial charge in [-0.2, -0.15) is 0 Å².